The van der Waals surface area contributed by atoms with Crippen LogP contribution in [0, 0.1) is 6.92 Å². The fourth-order valence-electron chi connectivity index (χ4n) is 4.30. The van der Waals surface area contributed by atoms with Gasteiger partial charge in [0.05, 0.1) is 0 Å². The number of aromatic nitrogens is 1. The minimum Gasteiger partial charge on any atom is -0.340 e. The van der Waals surface area contributed by atoms with Gasteiger partial charge < -0.3 is 9.88 Å². The van der Waals surface area contributed by atoms with Gasteiger partial charge in [-0.1, -0.05) is 66.7 Å². The van der Waals surface area contributed by atoms with Crippen molar-refractivity contribution in [3.05, 3.63) is 69.3 Å². The minimum absolute atomic E-state index is 0. The summed E-state index contributed by atoms with van der Waals surface area (Å²) in [5, 5.41) is 6.55. The van der Waals surface area contributed by atoms with Gasteiger partial charge >= 0.3 is 0 Å². The third-order valence-electron chi connectivity index (χ3n) is 5.88. The van der Waals surface area contributed by atoms with Crippen LogP contribution in [0.15, 0.2) is 42.5 Å². The van der Waals surface area contributed by atoms with Gasteiger partial charge in [0.2, 0.25) is 0 Å². The van der Waals surface area contributed by atoms with Crippen LogP contribution in [0.3, 0.4) is 0 Å². The maximum absolute atomic E-state index is 6.44. The lowest BCUT2D eigenvalue weighted by molar-refractivity contribution is 0.372. The van der Waals surface area contributed by atoms with Crippen molar-refractivity contribution in [2.24, 2.45) is 0 Å². The minimum atomic E-state index is 0. The fourth-order valence-corrected chi connectivity index (χ4v) is 4.77. The van der Waals surface area contributed by atoms with E-state index in [1.54, 1.807) is 0 Å². The zero-order valence-corrected chi connectivity index (χ0v) is 18.5. The molecule has 0 aliphatic heterocycles. The summed E-state index contributed by atoms with van der Waals surface area (Å²) in [5.41, 5.74) is 5.07. The van der Waals surface area contributed by atoms with Gasteiger partial charge in [-0.05, 0) is 49.1 Å². The molecule has 0 unspecified atom stereocenters. The molecule has 2 aromatic carbocycles. The van der Waals surface area contributed by atoms with Crippen molar-refractivity contribution >= 4 is 46.5 Å². The van der Waals surface area contributed by atoms with E-state index < -0.39 is 0 Å². The van der Waals surface area contributed by atoms with Gasteiger partial charge in [0.15, 0.2) is 0 Å². The van der Waals surface area contributed by atoms with Crippen LogP contribution in [0.25, 0.3) is 10.9 Å². The van der Waals surface area contributed by atoms with E-state index in [0.29, 0.717) is 11.1 Å². The zero-order chi connectivity index (χ0) is 18.8. The molecular weight excluding hydrogens is 411 g/mol. The van der Waals surface area contributed by atoms with E-state index in [-0.39, 0.29) is 12.4 Å². The molecule has 5 heteroatoms. The Hall–Kier alpha value is -1.19. The summed E-state index contributed by atoms with van der Waals surface area (Å²) < 4.78 is 2.38. The number of hydrogen-bond donors (Lipinski definition) is 1. The Bertz CT molecular complexity index is 942. The quantitative estimate of drug-likeness (QED) is 0.448. The largest absolute Gasteiger partial charge is 0.340 e. The SMILES string of the molecule is Cc1c(CNC2CCCCC2)c2ccccc2n1Cc1ccc(Cl)cc1Cl.Cl. The third kappa shape index (κ3) is 4.52. The number of nitrogens with one attached hydrogen (secondary N) is 1. The summed E-state index contributed by atoms with van der Waals surface area (Å²) in [6.45, 7) is 3.91. The highest BCUT2D eigenvalue weighted by atomic mass is 35.5. The predicted octanol–water partition coefficient (Wildman–Crippen LogP) is 7.15. The summed E-state index contributed by atoms with van der Waals surface area (Å²) in [7, 11) is 0. The van der Waals surface area contributed by atoms with Gasteiger partial charge in [0.1, 0.15) is 0 Å². The van der Waals surface area contributed by atoms with Crippen molar-refractivity contribution in [1.29, 1.82) is 0 Å². The Kier molecular flexibility index (Phi) is 7.33. The Labute approximate surface area is 183 Å². The van der Waals surface area contributed by atoms with Gasteiger partial charge in [0.25, 0.3) is 0 Å². The summed E-state index contributed by atoms with van der Waals surface area (Å²) in [6.07, 6.45) is 6.70. The van der Waals surface area contributed by atoms with E-state index in [2.05, 4.69) is 41.1 Å². The van der Waals surface area contributed by atoms with E-state index in [4.69, 9.17) is 23.2 Å². The number of rotatable bonds is 5. The average Bonchev–Trinajstić information content (AvgIpc) is 2.94. The highest BCUT2D eigenvalue weighted by Gasteiger charge is 2.17. The van der Waals surface area contributed by atoms with E-state index in [0.717, 1.165) is 23.7 Å². The number of para-hydroxylation sites is 1. The number of halogens is 3. The second-order valence-corrected chi connectivity index (χ2v) is 8.46. The molecule has 3 aromatic rings. The van der Waals surface area contributed by atoms with Crippen LogP contribution in [0.4, 0.5) is 0 Å². The van der Waals surface area contributed by atoms with Crippen molar-refractivity contribution in [2.75, 3.05) is 0 Å². The molecule has 0 atom stereocenters. The normalized spacial score (nSPS) is 15.0. The highest BCUT2D eigenvalue weighted by Crippen LogP contribution is 2.29. The van der Waals surface area contributed by atoms with Crippen LogP contribution >= 0.6 is 35.6 Å². The van der Waals surface area contributed by atoms with E-state index in [9.17, 15) is 0 Å². The highest BCUT2D eigenvalue weighted by molar-refractivity contribution is 6.35. The predicted molar refractivity (Wildman–Crippen MR) is 123 cm³/mol. The molecule has 1 aliphatic carbocycles. The van der Waals surface area contributed by atoms with Gasteiger partial charge in [-0.25, -0.2) is 0 Å². The fraction of sp³-hybridized carbons (Fsp3) is 0.391. The monoisotopic (exact) mass is 436 g/mol. The molecule has 1 aromatic heterocycles. The Morgan fingerprint density at radius 3 is 2.54 bits per heavy atom. The summed E-state index contributed by atoms with van der Waals surface area (Å²) in [5.74, 6) is 0. The van der Waals surface area contributed by atoms with Crippen molar-refractivity contribution in [3.8, 4) is 0 Å². The van der Waals surface area contributed by atoms with Crippen LogP contribution in [0.1, 0.15) is 48.9 Å². The molecule has 150 valence electrons. The van der Waals surface area contributed by atoms with Gasteiger partial charge in [-0.15, -0.1) is 12.4 Å². The average molecular weight is 438 g/mol. The first-order valence-electron chi connectivity index (χ1n) is 9.87. The van der Waals surface area contributed by atoms with Crippen LogP contribution in [0.2, 0.25) is 10.0 Å². The van der Waals surface area contributed by atoms with E-state index in [1.165, 1.54) is 54.3 Å². The lowest BCUT2D eigenvalue weighted by Crippen LogP contribution is -2.30. The smallest absolute Gasteiger partial charge is 0.0493 e. The zero-order valence-electron chi connectivity index (χ0n) is 16.2. The molecule has 1 heterocycles. The lowest BCUT2D eigenvalue weighted by atomic mass is 9.95. The molecule has 0 spiro atoms. The van der Waals surface area contributed by atoms with Gasteiger partial charge in [0, 0.05) is 45.8 Å². The molecule has 0 amide bonds. The molecule has 0 saturated heterocycles. The number of benzene rings is 2. The molecule has 1 aliphatic rings. The first kappa shape index (κ1) is 21.5. The van der Waals surface area contributed by atoms with E-state index in [1.807, 2.05) is 18.2 Å². The van der Waals surface area contributed by atoms with Crippen LogP contribution in [0.5, 0.6) is 0 Å². The van der Waals surface area contributed by atoms with Crippen LogP contribution in [-0.4, -0.2) is 10.6 Å². The standard InChI is InChI=1S/C23H26Cl2N2.ClH/c1-16-21(14-26-19-7-3-2-4-8-19)20-9-5-6-10-23(20)27(16)15-17-11-12-18(24)13-22(17)25;/h5-6,9-13,19,26H,2-4,7-8,14-15H2,1H3;1H. The first-order chi connectivity index (χ1) is 13.1. The lowest BCUT2D eigenvalue weighted by Gasteiger charge is -2.23. The maximum atomic E-state index is 6.44. The summed E-state index contributed by atoms with van der Waals surface area (Å²) in [4.78, 5) is 0. The summed E-state index contributed by atoms with van der Waals surface area (Å²) in [6, 6.07) is 15.1. The molecule has 0 radical (unpaired) electrons. The molecule has 2 nitrogen and oxygen atoms in total. The molecule has 28 heavy (non-hydrogen) atoms. The molecular formula is C23H27Cl3N2. The molecule has 0 bridgehead atoms. The van der Waals surface area contributed by atoms with Crippen molar-refractivity contribution < 1.29 is 0 Å². The Morgan fingerprint density at radius 2 is 1.79 bits per heavy atom. The second kappa shape index (κ2) is 9.54. The van der Waals surface area contributed by atoms with Crippen molar-refractivity contribution in [1.82, 2.24) is 9.88 Å². The maximum Gasteiger partial charge on any atom is 0.0493 e. The second-order valence-electron chi connectivity index (χ2n) is 7.62. The Morgan fingerprint density at radius 1 is 1.04 bits per heavy atom. The Balaban J connectivity index is 0.00000225. The summed E-state index contributed by atoms with van der Waals surface area (Å²) >= 11 is 12.5. The molecule has 1 fully saturated rings. The van der Waals surface area contributed by atoms with Crippen LogP contribution < -0.4 is 5.32 Å². The molecule has 1 N–H and O–H groups in total. The van der Waals surface area contributed by atoms with Crippen molar-refractivity contribution in [2.45, 2.75) is 58.2 Å². The van der Waals surface area contributed by atoms with Crippen molar-refractivity contribution in [3.63, 3.8) is 0 Å². The van der Waals surface area contributed by atoms with Crippen LogP contribution in [-0.2, 0) is 13.1 Å². The number of nitrogens with zero attached hydrogens (tertiary/aromatic N) is 1. The molecule has 1 saturated carbocycles. The number of hydrogen-bond acceptors (Lipinski definition) is 1. The van der Waals surface area contributed by atoms with E-state index >= 15 is 0 Å². The topological polar surface area (TPSA) is 17.0 Å². The van der Waals surface area contributed by atoms with Gasteiger partial charge in [-0.3, -0.25) is 0 Å². The number of fused-ring (bicyclic) bond motifs is 1. The first-order valence-corrected chi connectivity index (χ1v) is 10.6. The van der Waals surface area contributed by atoms with Gasteiger partial charge in [-0.2, -0.15) is 0 Å². The third-order valence-corrected chi connectivity index (χ3v) is 6.46. The molecule has 4 rings (SSSR count).